The van der Waals surface area contributed by atoms with Crippen molar-refractivity contribution in [3.63, 3.8) is 0 Å². The summed E-state index contributed by atoms with van der Waals surface area (Å²) in [5, 5.41) is 0.607. The zero-order valence-electron chi connectivity index (χ0n) is 8.79. The van der Waals surface area contributed by atoms with Crippen molar-refractivity contribution >= 4 is 17.6 Å². The molecule has 1 rings (SSSR count). The van der Waals surface area contributed by atoms with Crippen LogP contribution in [0.15, 0.2) is 35.9 Å². The second-order valence-electron chi connectivity index (χ2n) is 3.39. The Balaban J connectivity index is 2.54. The number of rotatable bonds is 3. The van der Waals surface area contributed by atoms with Gasteiger partial charge in [0.2, 0.25) is 0 Å². The van der Waals surface area contributed by atoms with Crippen molar-refractivity contribution in [2.24, 2.45) is 0 Å². The highest BCUT2D eigenvalue weighted by molar-refractivity contribution is 6.30. The highest BCUT2D eigenvalue weighted by atomic mass is 35.5. The van der Waals surface area contributed by atoms with Crippen LogP contribution in [0.1, 0.15) is 24.2 Å². The SMILES string of the molecule is CC(C)=CCOC(=O)c1ccc(Cl)cc1. The summed E-state index contributed by atoms with van der Waals surface area (Å²) < 4.78 is 5.02. The number of allylic oxidation sites excluding steroid dienone is 1. The van der Waals surface area contributed by atoms with Crippen LogP contribution in [0.2, 0.25) is 5.02 Å². The second kappa shape index (κ2) is 5.56. The van der Waals surface area contributed by atoms with Gasteiger partial charge in [-0.25, -0.2) is 4.79 Å². The highest BCUT2D eigenvalue weighted by Crippen LogP contribution is 2.10. The monoisotopic (exact) mass is 224 g/mol. The minimum absolute atomic E-state index is 0.309. The van der Waals surface area contributed by atoms with Gasteiger partial charge in [-0.2, -0.15) is 0 Å². The Labute approximate surface area is 94.5 Å². The van der Waals surface area contributed by atoms with E-state index < -0.39 is 0 Å². The summed E-state index contributed by atoms with van der Waals surface area (Å²) >= 11 is 5.70. The molecule has 0 atom stereocenters. The lowest BCUT2D eigenvalue weighted by Gasteiger charge is -2.02. The Bertz CT molecular complexity index is 362. The molecule has 0 bridgehead atoms. The van der Waals surface area contributed by atoms with Crippen LogP contribution in [0, 0.1) is 0 Å². The lowest BCUT2D eigenvalue weighted by molar-refractivity contribution is 0.0549. The molecule has 2 nitrogen and oxygen atoms in total. The molecule has 0 heterocycles. The molecular formula is C12H13ClO2. The van der Waals surface area contributed by atoms with E-state index in [1.54, 1.807) is 24.3 Å². The lowest BCUT2D eigenvalue weighted by Crippen LogP contribution is -2.04. The van der Waals surface area contributed by atoms with E-state index >= 15 is 0 Å². The van der Waals surface area contributed by atoms with E-state index in [4.69, 9.17) is 16.3 Å². The maximum absolute atomic E-state index is 11.4. The van der Waals surface area contributed by atoms with Crippen molar-refractivity contribution in [1.82, 2.24) is 0 Å². The van der Waals surface area contributed by atoms with Crippen LogP contribution >= 0.6 is 11.6 Å². The van der Waals surface area contributed by atoms with Crippen LogP contribution in [0.4, 0.5) is 0 Å². The van der Waals surface area contributed by atoms with Gasteiger partial charge in [0.15, 0.2) is 0 Å². The van der Waals surface area contributed by atoms with Crippen molar-refractivity contribution < 1.29 is 9.53 Å². The predicted molar refractivity (Wildman–Crippen MR) is 61.2 cm³/mol. The summed E-state index contributed by atoms with van der Waals surface area (Å²) in [6.07, 6.45) is 1.85. The molecule has 1 aromatic carbocycles. The van der Waals surface area contributed by atoms with Gasteiger partial charge in [0.1, 0.15) is 6.61 Å². The predicted octanol–water partition coefficient (Wildman–Crippen LogP) is 3.46. The van der Waals surface area contributed by atoms with Crippen molar-refractivity contribution in [1.29, 1.82) is 0 Å². The van der Waals surface area contributed by atoms with Crippen LogP contribution in [-0.4, -0.2) is 12.6 Å². The molecule has 0 unspecified atom stereocenters. The van der Waals surface area contributed by atoms with Crippen molar-refractivity contribution in [2.75, 3.05) is 6.61 Å². The quantitative estimate of drug-likeness (QED) is 0.581. The van der Waals surface area contributed by atoms with Crippen molar-refractivity contribution in [3.05, 3.63) is 46.5 Å². The van der Waals surface area contributed by atoms with Crippen LogP contribution in [-0.2, 0) is 4.74 Å². The standard InChI is InChI=1S/C12H13ClO2/c1-9(2)7-8-15-12(14)10-3-5-11(13)6-4-10/h3-7H,8H2,1-2H3. The van der Waals surface area contributed by atoms with Gasteiger partial charge >= 0.3 is 5.97 Å². The normalized spacial score (nSPS) is 9.53. The molecule has 0 saturated carbocycles. The topological polar surface area (TPSA) is 26.3 Å². The zero-order chi connectivity index (χ0) is 11.3. The molecule has 0 fully saturated rings. The van der Waals surface area contributed by atoms with Crippen LogP contribution in [0.25, 0.3) is 0 Å². The molecule has 0 aromatic heterocycles. The van der Waals surface area contributed by atoms with Gasteiger partial charge in [0.25, 0.3) is 0 Å². The van der Waals surface area contributed by atoms with Gasteiger partial charge in [-0.1, -0.05) is 17.2 Å². The van der Waals surface area contributed by atoms with E-state index in [0.717, 1.165) is 5.57 Å². The largest absolute Gasteiger partial charge is 0.458 e. The highest BCUT2D eigenvalue weighted by Gasteiger charge is 2.04. The number of hydrogen-bond donors (Lipinski definition) is 0. The van der Waals surface area contributed by atoms with Gasteiger partial charge in [-0.3, -0.25) is 0 Å². The number of benzene rings is 1. The molecule has 0 N–H and O–H groups in total. The van der Waals surface area contributed by atoms with Gasteiger partial charge in [0.05, 0.1) is 5.56 Å². The number of halogens is 1. The lowest BCUT2D eigenvalue weighted by atomic mass is 10.2. The Hall–Kier alpha value is -1.28. The third kappa shape index (κ3) is 4.17. The number of ether oxygens (including phenoxy) is 1. The molecule has 0 saturated heterocycles. The number of hydrogen-bond acceptors (Lipinski definition) is 2. The Kier molecular flexibility index (Phi) is 4.37. The minimum Gasteiger partial charge on any atom is -0.458 e. The summed E-state index contributed by atoms with van der Waals surface area (Å²) in [4.78, 5) is 11.4. The number of carbonyl (C=O) groups is 1. The van der Waals surface area contributed by atoms with Gasteiger partial charge < -0.3 is 4.74 Å². The molecule has 3 heteroatoms. The first kappa shape index (κ1) is 11.8. The number of carbonyl (C=O) groups excluding carboxylic acids is 1. The molecule has 80 valence electrons. The van der Waals surface area contributed by atoms with Crippen LogP contribution in [0.5, 0.6) is 0 Å². The molecule has 0 aliphatic rings. The number of esters is 1. The third-order valence-electron chi connectivity index (χ3n) is 1.79. The molecule has 0 amide bonds. The zero-order valence-corrected chi connectivity index (χ0v) is 9.54. The first-order valence-electron chi connectivity index (χ1n) is 4.65. The molecule has 15 heavy (non-hydrogen) atoms. The summed E-state index contributed by atoms with van der Waals surface area (Å²) in [5.41, 5.74) is 1.64. The third-order valence-corrected chi connectivity index (χ3v) is 2.04. The maximum Gasteiger partial charge on any atom is 0.338 e. The summed E-state index contributed by atoms with van der Waals surface area (Å²) in [6.45, 7) is 4.22. The van der Waals surface area contributed by atoms with E-state index in [-0.39, 0.29) is 5.97 Å². The molecule has 0 radical (unpaired) electrons. The fourth-order valence-electron chi connectivity index (χ4n) is 0.953. The van der Waals surface area contributed by atoms with Gasteiger partial charge in [-0.15, -0.1) is 0 Å². The second-order valence-corrected chi connectivity index (χ2v) is 3.82. The summed E-state index contributed by atoms with van der Waals surface area (Å²) in [6, 6.07) is 6.62. The Morgan fingerprint density at radius 2 is 1.93 bits per heavy atom. The fourth-order valence-corrected chi connectivity index (χ4v) is 1.08. The first-order valence-corrected chi connectivity index (χ1v) is 5.03. The Morgan fingerprint density at radius 3 is 2.47 bits per heavy atom. The van der Waals surface area contributed by atoms with Crippen molar-refractivity contribution in [3.8, 4) is 0 Å². The molecule has 0 spiro atoms. The van der Waals surface area contributed by atoms with Gasteiger partial charge in [0, 0.05) is 5.02 Å². The van der Waals surface area contributed by atoms with Crippen LogP contribution in [0.3, 0.4) is 0 Å². The minimum atomic E-state index is -0.329. The molecule has 0 aliphatic heterocycles. The average Bonchev–Trinajstić information content (AvgIpc) is 2.18. The molecular weight excluding hydrogens is 212 g/mol. The molecule has 1 aromatic rings. The van der Waals surface area contributed by atoms with Crippen LogP contribution < -0.4 is 0 Å². The van der Waals surface area contributed by atoms with E-state index in [9.17, 15) is 4.79 Å². The van der Waals surface area contributed by atoms with E-state index in [1.807, 2.05) is 19.9 Å². The maximum atomic E-state index is 11.4. The van der Waals surface area contributed by atoms with E-state index in [2.05, 4.69) is 0 Å². The van der Waals surface area contributed by atoms with Gasteiger partial charge in [-0.05, 0) is 44.2 Å². The fraction of sp³-hybridized carbons (Fsp3) is 0.250. The average molecular weight is 225 g/mol. The smallest absolute Gasteiger partial charge is 0.338 e. The van der Waals surface area contributed by atoms with Crippen molar-refractivity contribution in [2.45, 2.75) is 13.8 Å². The van der Waals surface area contributed by atoms with E-state index in [1.165, 1.54) is 0 Å². The Morgan fingerprint density at radius 1 is 1.33 bits per heavy atom. The first-order chi connectivity index (χ1) is 7.09. The summed E-state index contributed by atoms with van der Waals surface area (Å²) in [5.74, 6) is -0.329. The summed E-state index contributed by atoms with van der Waals surface area (Å²) in [7, 11) is 0. The van der Waals surface area contributed by atoms with E-state index in [0.29, 0.717) is 17.2 Å². The molecule has 0 aliphatic carbocycles.